The van der Waals surface area contributed by atoms with Crippen molar-refractivity contribution in [2.45, 2.75) is 19.4 Å². The minimum absolute atomic E-state index is 0.0263. The van der Waals surface area contributed by atoms with E-state index in [0.717, 1.165) is 18.4 Å². The van der Waals surface area contributed by atoms with Crippen molar-refractivity contribution in [3.63, 3.8) is 0 Å². The van der Waals surface area contributed by atoms with Crippen LogP contribution in [0, 0.1) is 0 Å². The summed E-state index contributed by atoms with van der Waals surface area (Å²) >= 11 is 0. The molecule has 3 heteroatoms. The maximum absolute atomic E-state index is 11.9. The predicted octanol–water partition coefficient (Wildman–Crippen LogP) is 2.51. The summed E-state index contributed by atoms with van der Waals surface area (Å²) < 4.78 is 0. The third kappa shape index (κ3) is 4.21. The van der Waals surface area contributed by atoms with E-state index in [0.29, 0.717) is 18.7 Å². The highest BCUT2D eigenvalue weighted by Crippen LogP contribution is 2.04. The van der Waals surface area contributed by atoms with Gasteiger partial charge >= 0.3 is 0 Å². The summed E-state index contributed by atoms with van der Waals surface area (Å²) in [5, 5.41) is 2.94. The lowest BCUT2D eigenvalue weighted by Gasteiger charge is -2.06. The molecule has 0 spiro atoms. The van der Waals surface area contributed by atoms with Crippen LogP contribution < -0.4 is 11.1 Å². The molecule has 0 saturated carbocycles. The van der Waals surface area contributed by atoms with Gasteiger partial charge < -0.3 is 11.1 Å². The van der Waals surface area contributed by atoms with Gasteiger partial charge in [-0.3, -0.25) is 4.79 Å². The summed E-state index contributed by atoms with van der Waals surface area (Å²) in [6.45, 7) is 1.19. The average molecular weight is 268 g/mol. The van der Waals surface area contributed by atoms with Gasteiger partial charge in [0.25, 0.3) is 5.91 Å². The van der Waals surface area contributed by atoms with Crippen molar-refractivity contribution < 1.29 is 4.79 Å². The number of hydrogen-bond donors (Lipinski definition) is 2. The molecule has 3 nitrogen and oxygen atoms in total. The van der Waals surface area contributed by atoms with Crippen molar-refractivity contribution in [2.24, 2.45) is 5.73 Å². The van der Waals surface area contributed by atoms with Crippen molar-refractivity contribution in [1.29, 1.82) is 0 Å². The zero-order chi connectivity index (χ0) is 14.2. The Morgan fingerprint density at radius 1 is 0.950 bits per heavy atom. The summed E-state index contributed by atoms with van der Waals surface area (Å²) in [5.74, 6) is -0.0263. The Bertz CT molecular complexity index is 535. The molecule has 104 valence electrons. The minimum atomic E-state index is -0.0263. The molecule has 0 bridgehead atoms. The van der Waals surface area contributed by atoms with Crippen molar-refractivity contribution in [3.8, 4) is 0 Å². The highest BCUT2D eigenvalue weighted by molar-refractivity contribution is 5.94. The van der Waals surface area contributed by atoms with Crippen LogP contribution in [0.5, 0.6) is 0 Å². The lowest BCUT2D eigenvalue weighted by Crippen LogP contribution is -2.24. The second-order valence-electron chi connectivity index (χ2n) is 4.75. The van der Waals surface area contributed by atoms with E-state index in [4.69, 9.17) is 5.73 Å². The molecule has 2 rings (SSSR count). The first kappa shape index (κ1) is 14.3. The van der Waals surface area contributed by atoms with E-state index >= 15 is 0 Å². The highest BCUT2D eigenvalue weighted by atomic mass is 16.1. The van der Waals surface area contributed by atoms with Gasteiger partial charge in [0.1, 0.15) is 0 Å². The average Bonchev–Trinajstić information content (AvgIpc) is 2.52. The SMILES string of the molecule is NCc1ccc(C(=O)NCCCc2ccccc2)cc1. The molecule has 0 aliphatic heterocycles. The van der Waals surface area contributed by atoms with E-state index in [1.807, 2.05) is 42.5 Å². The van der Waals surface area contributed by atoms with Gasteiger partial charge in [0, 0.05) is 18.7 Å². The van der Waals surface area contributed by atoms with E-state index in [1.165, 1.54) is 5.56 Å². The first-order chi connectivity index (χ1) is 9.79. The molecule has 0 aliphatic carbocycles. The normalized spacial score (nSPS) is 10.2. The standard InChI is InChI=1S/C17H20N2O/c18-13-15-8-10-16(11-9-15)17(20)19-12-4-7-14-5-2-1-3-6-14/h1-3,5-6,8-11H,4,7,12-13,18H2,(H,19,20). The Balaban J connectivity index is 1.74. The molecule has 3 N–H and O–H groups in total. The summed E-state index contributed by atoms with van der Waals surface area (Å²) in [5.41, 5.74) is 8.54. The molecule has 0 radical (unpaired) electrons. The Labute approximate surface area is 119 Å². The number of nitrogens with one attached hydrogen (secondary N) is 1. The number of rotatable bonds is 6. The third-order valence-corrected chi connectivity index (χ3v) is 3.22. The van der Waals surface area contributed by atoms with Gasteiger partial charge in [0.2, 0.25) is 0 Å². The largest absolute Gasteiger partial charge is 0.352 e. The number of hydrogen-bond acceptors (Lipinski definition) is 2. The number of aryl methyl sites for hydroxylation is 1. The first-order valence-electron chi connectivity index (χ1n) is 6.91. The predicted molar refractivity (Wildman–Crippen MR) is 81.4 cm³/mol. The number of nitrogens with two attached hydrogens (primary N) is 1. The molecule has 0 aliphatic rings. The highest BCUT2D eigenvalue weighted by Gasteiger charge is 2.04. The van der Waals surface area contributed by atoms with Crippen molar-refractivity contribution in [2.75, 3.05) is 6.54 Å². The van der Waals surface area contributed by atoms with Crippen LogP contribution in [-0.4, -0.2) is 12.5 Å². The number of amides is 1. The van der Waals surface area contributed by atoms with Crippen molar-refractivity contribution in [1.82, 2.24) is 5.32 Å². The van der Waals surface area contributed by atoms with Crippen LogP contribution in [0.2, 0.25) is 0 Å². The van der Waals surface area contributed by atoms with Crippen LogP contribution >= 0.6 is 0 Å². The number of carbonyl (C=O) groups excluding carboxylic acids is 1. The second-order valence-corrected chi connectivity index (χ2v) is 4.75. The first-order valence-corrected chi connectivity index (χ1v) is 6.91. The Hall–Kier alpha value is -2.13. The van der Waals surface area contributed by atoms with Crippen molar-refractivity contribution in [3.05, 3.63) is 71.3 Å². The fourth-order valence-corrected chi connectivity index (χ4v) is 2.03. The summed E-state index contributed by atoms with van der Waals surface area (Å²) in [4.78, 5) is 11.9. The fraction of sp³-hybridized carbons (Fsp3) is 0.235. The Kier molecular flexibility index (Phi) is 5.33. The zero-order valence-electron chi connectivity index (χ0n) is 11.5. The van der Waals surface area contributed by atoms with Crippen LogP contribution in [0.4, 0.5) is 0 Å². The smallest absolute Gasteiger partial charge is 0.251 e. The molecule has 0 heterocycles. The monoisotopic (exact) mass is 268 g/mol. The molecule has 0 fully saturated rings. The molecule has 2 aromatic carbocycles. The van der Waals surface area contributed by atoms with Crippen LogP contribution in [0.1, 0.15) is 27.9 Å². The van der Waals surface area contributed by atoms with Gasteiger partial charge in [-0.1, -0.05) is 42.5 Å². The van der Waals surface area contributed by atoms with Crippen LogP contribution in [0.15, 0.2) is 54.6 Å². The van der Waals surface area contributed by atoms with E-state index in [2.05, 4.69) is 17.4 Å². The topological polar surface area (TPSA) is 55.1 Å². The number of carbonyl (C=O) groups is 1. The molecule has 0 saturated heterocycles. The molecule has 20 heavy (non-hydrogen) atoms. The second kappa shape index (κ2) is 7.46. The summed E-state index contributed by atoms with van der Waals surface area (Å²) in [6.07, 6.45) is 1.92. The van der Waals surface area contributed by atoms with Crippen molar-refractivity contribution >= 4 is 5.91 Å². The Morgan fingerprint density at radius 2 is 1.65 bits per heavy atom. The summed E-state index contributed by atoms with van der Waals surface area (Å²) in [7, 11) is 0. The molecular weight excluding hydrogens is 248 g/mol. The van der Waals surface area contributed by atoms with Crippen LogP contribution in [0.25, 0.3) is 0 Å². The van der Waals surface area contributed by atoms with Gasteiger partial charge in [0.05, 0.1) is 0 Å². The quantitative estimate of drug-likeness (QED) is 0.791. The molecule has 1 amide bonds. The van der Waals surface area contributed by atoms with Gasteiger partial charge in [-0.25, -0.2) is 0 Å². The van der Waals surface area contributed by atoms with E-state index in [1.54, 1.807) is 0 Å². The lowest BCUT2D eigenvalue weighted by atomic mass is 10.1. The molecule has 0 unspecified atom stereocenters. The molecule has 0 aromatic heterocycles. The van der Waals surface area contributed by atoms with Gasteiger partial charge in [-0.15, -0.1) is 0 Å². The van der Waals surface area contributed by atoms with Crippen LogP contribution in [-0.2, 0) is 13.0 Å². The van der Waals surface area contributed by atoms with Gasteiger partial charge in [0.15, 0.2) is 0 Å². The molecular formula is C17H20N2O. The Morgan fingerprint density at radius 3 is 2.30 bits per heavy atom. The van der Waals surface area contributed by atoms with E-state index in [9.17, 15) is 4.79 Å². The van der Waals surface area contributed by atoms with E-state index < -0.39 is 0 Å². The lowest BCUT2D eigenvalue weighted by molar-refractivity contribution is 0.0953. The molecule has 2 aromatic rings. The fourth-order valence-electron chi connectivity index (χ4n) is 2.03. The minimum Gasteiger partial charge on any atom is -0.352 e. The maximum atomic E-state index is 11.9. The van der Waals surface area contributed by atoms with Gasteiger partial charge in [-0.05, 0) is 36.1 Å². The molecule has 0 atom stereocenters. The maximum Gasteiger partial charge on any atom is 0.251 e. The summed E-state index contributed by atoms with van der Waals surface area (Å²) in [6, 6.07) is 17.7. The third-order valence-electron chi connectivity index (χ3n) is 3.22. The van der Waals surface area contributed by atoms with Crippen LogP contribution in [0.3, 0.4) is 0 Å². The van der Waals surface area contributed by atoms with E-state index in [-0.39, 0.29) is 5.91 Å². The zero-order valence-corrected chi connectivity index (χ0v) is 11.5. The van der Waals surface area contributed by atoms with Gasteiger partial charge in [-0.2, -0.15) is 0 Å². The number of benzene rings is 2.